The van der Waals surface area contributed by atoms with E-state index in [-0.39, 0.29) is 23.8 Å². The van der Waals surface area contributed by atoms with E-state index in [4.69, 9.17) is 4.74 Å². The number of rotatable bonds is 6. The molecule has 0 aliphatic heterocycles. The standard InChI is InChI=1S/C14H25NO3/c1-3-4-5-6-13(16)15-12-9-7-11(8-10-12)14(17)18-2/h11-12H,3-10H2,1-2H3,(H,15,16). The van der Waals surface area contributed by atoms with Gasteiger partial charge in [-0.25, -0.2) is 0 Å². The summed E-state index contributed by atoms with van der Waals surface area (Å²) in [6.07, 6.45) is 7.28. The molecule has 4 heteroatoms. The zero-order valence-electron chi connectivity index (χ0n) is 11.5. The Kier molecular flexibility index (Phi) is 6.76. The second-order valence-electron chi connectivity index (χ2n) is 5.10. The number of unbranched alkanes of at least 4 members (excludes halogenated alkanes) is 2. The summed E-state index contributed by atoms with van der Waals surface area (Å²) in [6.45, 7) is 2.13. The topological polar surface area (TPSA) is 55.4 Å². The average Bonchev–Trinajstić information content (AvgIpc) is 2.39. The van der Waals surface area contributed by atoms with Crippen molar-refractivity contribution in [2.45, 2.75) is 64.3 Å². The van der Waals surface area contributed by atoms with Crippen molar-refractivity contribution in [3.8, 4) is 0 Å². The second kappa shape index (κ2) is 8.11. The van der Waals surface area contributed by atoms with Crippen LogP contribution >= 0.6 is 0 Å². The van der Waals surface area contributed by atoms with Crippen molar-refractivity contribution in [1.29, 1.82) is 0 Å². The molecule has 0 saturated heterocycles. The van der Waals surface area contributed by atoms with Crippen molar-refractivity contribution >= 4 is 11.9 Å². The van der Waals surface area contributed by atoms with Crippen LogP contribution in [-0.2, 0) is 14.3 Å². The molecule has 0 aromatic heterocycles. The molecule has 1 rings (SSSR count). The van der Waals surface area contributed by atoms with Gasteiger partial charge in [0.15, 0.2) is 0 Å². The van der Waals surface area contributed by atoms with Crippen molar-refractivity contribution in [2.24, 2.45) is 5.92 Å². The number of hydrogen-bond acceptors (Lipinski definition) is 3. The fraction of sp³-hybridized carbons (Fsp3) is 0.857. The summed E-state index contributed by atoms with van der Waals surface area (Å²) in [5.41, 5.74) is 0. The fourth-order valence-electron chi connectivity index (χ4n) is 2.48. The van der Waals surface area contributed by atoms with E-state index >= 15 is 0 Å². The Morgan fingerprint density at radius 1 is 1.17 bits per heavy atom. The first-order chi connectivity index (χ1) is 8.67. The number of carbonyl (C=O) groups is 2. The highest BCUT2D eigenvalue weighted by atomic mass is 16.5. The highest BCUT2D eigenvalue weighted by Crippen LogP contribution is 2.25. The monoisotopic (exact) mass is 255 g/mol. The first-order valence-electron chi connectivity index (χ1n) is 7.04. The molecule has 0 spiro atoms. The van der Waals surface area contributed by atoms with E-state index in [1.54, 1.807) is 0 Å². The Hall–Kier alpha value is -1.06. The molecule has 0 bridgehead atoms. The van der Waals surface area contributed by atoms with E-state index in [1.807, 2.05) is 0 Å². The number of nitrogens with one attached hydrogen (secondary N) is 1. The lowest BCUT2D eigenvalue weighted by molar-refractivity contribution is -0.146. The molecule has 4 nitrogen and oxygen atoms in total. The predicted molar refractivity (Wildman–Crippen MR) is 70.0 cm³/mol. The van der Waals surface area contributed by atoms with Gasteiger partial charge in [0, 0.05) is 12.5 Å². The molecule has 0 heterocycles. The van der Waals surface area contributed by atoms with Gasteiger partial charge in [0.05, 0.1) is 13.0 Å². The lowest BCUT2D eigenvalue weighted by atomic mass is 9.86. The molecule has 1 saturated carbocycles. The molecule has 1 aliphatic carbocycles. The molecular weight excluding hydrogens is 230 g/mol. The number of methoxy groups -OCH3 is 1. The maximum Gasteiger partial charge on any atom is 0.308 e. The first kappa shape index (κ1) is 15.0. The first-order valence-corrected chi connectivity index (χ1v) is 7.04. The maximum atomic E-state index is 11.7. The third kappa shape index (κ3) is 5.07. The van der Waals surface area contributed by atoms with Crippen LogP contribution in [0.3, 0.4) is 0 Å². The zero-order chi connectivity index (χ0) is 13.4. The van der Waals surface area contributed by atoms with Crippen molar-refractivity contribution < 1.29 is 14.3 Å². The highest BCUT2D eigenvalue weighted by Gasteiger charge is 2.27. The molecule has 1 aliphatic rings. The van der Waals surface area contributed by atoms with Crippen molar-refractivity contribution in [2.75, 3.05) is 7.11 Å². The van der Waals surface area contributed by atoms with Gasteiger partial charge >= 0.3 is 5.97 Å². The Morgan fingerprint density at radius 2 is 1.83 bits per heavy atom. The summed E-state index contributed by atoms with van der Waals surface area (Å²) in [5, 5.41) is 3.06. The molecule has 0 aromatic rings. The summed E-state index contributed by atoms with van der Waals surface area (Å²) in [4.78, 5) is 23.0. The van der Waals surface area contributed by atoms with Gasteiger partial charge < -0.3 is 10.1 Å². The maximum absolute atomic E-state index is 11.7. The van der Waals surface area contributed by atoms with Crippen LogP contribution in [0.2, 0.25) is 0 Å². The lowest BCUT2D eigenvalue weighted by Gasteiger charge is -2.27. The Balaban J connectivity index is 2.18. The van der Waals surface area contributed by atoms with E-state index < -0.39 is 0 Å². The number of esters is 1. The summed E-state index contributed by atoms with van der Waals surface area (Å²) >= 11 is 0. The fourth-order valence-corrected chi connectivity index (χ4v) is 2.48. The largest absolute Gasteiger partial charge is 0.469 e. The van der Waals surface area contributed by atoms with Crippen molar-refractivity contribution in [3.05, 3.63) is 0 Å². The van der Waals surface area contributed by atoms with Gasteiger partial charge in [-0.1, -0.05) is 19.8 Å². The van der Waals surface area contributed by atoms with Crippen LogP contribution in [0.15, 0.2) is 0 Å². The molecule has 104 valence electrons. The third-order valence-corrected chi connectivity index (χ3v) is 3.63. The Bertz CT molecular complexity index is 270. The minimum absolute atomic E-state index is 0.0308. The van der Waals surface area contributed by atoms with Crippen LogP contribution in [0.25, 0.3) is 0 Å². The van der Waals surface area contributed by atoms with Gasteiger partial charge in [-0.05, 0) is 32.1 Å². The molecule has 0 unspecified atom stereocenters. The zero-order valence-corrected chi connectivity index (χ0v) is 11.5. The Morgan fingerprint density at radius 3 is 2.39 bits per heavy atom. The summed E-state index contributed by atoms with van der Waals surface area (Å²) in [5.74, 6) is 0.0796. The van der Waals surface area contributed by atoms with Gasteiger partial charge in [0.2, 0.25) is 5.91 Å². The number of ether oxygens (including phenoxy) is 1. The van der Waals surface area contributed by atoms with Crippen LogP contribution < -0.4 is 5.32 Å². The summed E-state index contributed by atoms with van der Waals surface area (Å²) in [7, 11) is 1.43. The van der Waals surface area contributed by atoms with Crippen molar-refractivity contribution in [3.63, 3.8) is 0 Å². The SMILES string of the molecule is CCCCCC(=O)NC1CCC(C(=O)OC)CC1. The molecule has 0 atom stereocenters. The number of hydrogen-bond donors (Lipinski definition) is 1. The van der Waals surface area contributed by atoms with E-state index in [1.165, 1.54) is 7.11 Å². The van der Waals surface area contributed by atoms with Crippen LogP contribution in [-0.4, -0.2) is 25.0 Å². The van der Waals surface area contributed by atoms with Crippen molar-refractivity contribution in [1.82, 2.24) is 5.32 Å². The average molecular weight is 255 g/mol. The van der Waals surface area contributed by atoms with Crippen LogP contribution in [0.5, 0.6) is 0 Å². The molecule has 1 fully saturated rings. The summed E-state index contributed by atoms with van der Waals surface area (Å²) in [6, 6.07) is 0.250. The smallest absolute Gasteiger partial charge is 0.308 e. The molecule has 1 amide bonds. The van der Waals surface area contributed by atoms with Crippen LogP contribution in [0, 0.1) is 5.92 Å². The van der Waals surface area contributed by atoms with Crippen LogP contribution in [0.1, 0.15) is 58.3 Å². The van der Waals surface area contributed by atoms with E-state index in [9.17, 15) is 9.59 Å². The number of amides is 1. The highest BCUT2D eigenvalue weighted by molar-refractivity contribution is 5.76. The molecule has 0 radical (unpaired) electrons. The van der Waals surface area contributed by atoms with Gasteiger partial charge in [-0.15, -0.1) is 0 Å². The summed E-state index contributed by atoms with van der Waals surface area (Å²) < 4.78 is 4.75. The molecule has 1 N–H and O–H groups in total. The lowest BCUT2D eigenvalue weighted by Crippen LogP contribution is -2.38. The van der Waals surface area contributed by atoms with Gasteiger partial charge in [0.25, 0.3) is 0 Å². The molecular formula is C14H25NO3. The molecule has 18 heavy (non-hydrogen) atoms. The van der Waals surface area contributed by atoms with Crippen LogP contribution in [0.4, 0.5) is 0 Å². The minimum Gasteiger partial charge on any atom is -0.469 e. The van der Waals surface area contributed by atoms with E-state index in [0.717, 1.165) is 44.9 Å². The predicted octanol–water partition coefficient (Wildman–Crippen LogP) is 2.41. The van der Waals surface area contributed by atoms with E-state index in [0.29, 0.717) is 6.42 Å². The molecule has 0 aromatic carbocycles. The number of carbonyl (C=O) groups excluding carboxylic acids is 2. The second-order valence-corrected chi connectivity index (χ2v) is 5.10. The van der Waals surface area contributed by atoms with Gasteiger partial charge in [-0.2, -0.15) is 0 Å². The Labute approximate surface area is 109 Å². The van der Waals surface area contributed by atoms with Gasteiger partial charge in [0.1, 0.15) is 0 Å². The van der Waals surface area contributed by atoms with E-state index in [2.05, 4.69) is 12.2 Å². The normalized spacial score (nSPS) is 23.4. The minimum atomic E-state index is -0.109. The third-order valence-electron chi connectivity index (χ3n) is 3.63. The van der Waals surface area contributed by atoms with Gasteiger partial charge in [-0.3, -0.25) is 9.59 Å². The quantitative estimate of drug-likeness (QED) is 0.586.